The summed E-state index contributed by atoms with van der Waals surface area (Å²) in [5.74, 6) is 0. The van der Waals surface area contributed by atoms with Crippen LogP contribution in [-0.4, -0.2) is 13.1 Å². The maximum Gasteiger partial charge on any atom is -0.00489 e. The van der Waals surface area contributed by atoms with E-state index in [4.69, 9.17) is 0 Å². The topological polar surface area (TPSA) is 12.0 Å². The first kappa shape index (κ1) is 15.5. The van der Waals surface area contributed by atoms with Gasteiger partial charge in [-0.3, -0.25) is 0 Å². The van der Waals surface area contributed by atoms with Gasteiger partial charge in [0.25, 0.3) is 0 Å². The summed E-state index contributed by atoms with van der Waals surface area (Å²) in [6.07, 6.45) is 10.6. The lowest BCUT2D eigenvalue weighted by atomic mass is 10.1. The lowest BCUT2D eigenvalue weighted by Gasteiger charge is -2.03. The highest BCUT2D eigenvalue weighted by Gasteiger charge is 1.92. The molecule has 0 saturated carbocycles. The largest absolute Gasteiger partial charge is 0.317 e. The van der Waals surface area contributed by atoms with E-state index >= 15 is 0 Å². The van der Waals surface area contributed by atoms with Crippen molar-refractivity contribution >= 4 is 0 Å². The van der Waals surface area contributed by atoms with Crippen molar-refractivity contribution in [2.24, 2.45) is 0 Å². The summed E-state index contributed by atoms with van der Waals surface area (Å²) in [5, 5.41) is 3.44. The highest BCUT2D eigenvalue weighted by atomic mass is 14.8. The Morgan fingerprint density at radius 3 is 2.25 bits per heavy atom. The molecule has 94 valence electrons. The van der Waals surface area contributed by atoms with E-state index in [1.807, 2.05) is 0 Å². The fourth-order valence-corrected chi connectivity index (χ4v) is 1.74. The van der Waals surface area contributed by atoms with Crippen LogP contribution in [0.1, 0.15) is 65.2 Å². The summed E-state index contributed by atoms with van der Waals surface area (Å²) in [4.78, 5) is 0. The van der Waals surface area contributed by atoms with Gasteiger partial charge in [-0.05, 0) is 51.3 Å². The van der Waals surface area contributed by atoms with Crippen LogP contribution < -0.4 is 5.32 Å². The molecule has 0 bridgehead atoms. The molecule has 1 N–H and O–H groups in total. The zero-order valence-corrected chi connectivity index (χ0v) is 11.3. The van der Waals surface area contributed by atoms with Crippen LogP contribution in [0.25, 0.3) is 0 Å². The van der Waals surface area contributed by atoms with Crippen LogP contribution in [0.3, 0.4) is 0 Å². The smallest absolute Gasteiger partial charge is 0.00489 e. The van der Waals surface area contributed by atoms with E-state index in [2.05, 4.69) is 31.5 Å². The maximum atomic E-state index is 3.66. The standard InChI is InChI=1S/C15H29N/c1-4-13-16-14-11-9-7-6-8-10-12-15(3)5-2/h16H,2,4,6-14H2,1,3H3. The van der Waals surface area contributed by atoms with Crippen molar-refractivity contribution in [3.63, 3.8) is 0 Å². The Hall–Kier alpha value is -0.520. The fourth-order valence-electron chi connectivity index (χ4n) is 1.74. The van der Waals surface area contributed by atoms with Crippen LogP contribution in [-0.2, 0) is 0 Å². The first-order chi connectivity index (χ1) is 7.81. The molecule has 0 amide bonds. The predicted octanol–water partition coefficient (Wildman–Crippen LogP) is 4.45. The van der Waals surface area contributed by atoms with Crippen LogP contribution in [0.15, 0.2) is 17.9 Å². The minimum atomic E-state index is 1.17. The Balaban J connectivity index is 3.01. The molecule has 0 atom stereocenters. The lowest BCUT2D eigenvalue weighted by Crippen LogP contribution is -2.15. The molecule has 0 aliphatic carbocycles. The van der Waals surface area contributed by atoms with E-state index in [0.717, 1.165) is 0 Å². The van der Waals surface area contributed by atoms with Gasteiger partial charge < -0.3 is 5.32 Å². The van der Waals surface area contributed by atoms with Gasteiger partial charge in [0, 0.05) is 0 Å². The quantitative estimate of drug-likeness (QED) is 0.403. The second kappa shape index (κ2) is 12.5. The zero-order valence-electron chi connectivity index (χ0n) is 11.3. The molecule has 0 saturated heterocycles. The molecule has 0 spiro atoms. The van der Waals surface area contributed by atoms with E-state index in [-0.39, 0.29) is 0 Å². The number of hydrogen-bond acceptors (Lipinski definition) is 1. The minimum Gasteiger partial charge on any atom is -0.317 e. The number of hydrogen-bond donors (Lipinski definition) is 1. The van der Waals surface area contributed by atoms with Gasteiger partial charge >= 0.3 is 0 Å². The third-order valence-corrected chi connectivity index (χ3v) is 2.88. The molecule has 0 heterocycles. The van der Waals surface area contributed by atoms with E-state index in [9.17, 15) is 0 Å². The Morgan fingerprint density at radius 1 is 1.00 bits per heavy atom. The molecule has 1 nitrogen and oxygen atoms in total. The molecule has 0 aromatic rings. The summed E-state index contributed by atoms with van der Waals surface area (Å²) < 4.78 is 0. The maximum absolute atomic E-state index is 3.66. The van der Waals surface area contributed by atoms with Crippen LogP contribution in [0.5, 0.6) is 0 Å². The van der Waals surface area contributed by atoms with Crippen molar-refractivity contribution in [3.05, 3.63) is 17.9 Å². The van der Waals surface area contributed by atoms with Crippen LogP contribution >= 0.6 is 0 Å². The third kappa shape index (κ3) is 11.6. The first-order valence-electron chi connectivity index (χ1n) is 6.87. The van der Waals surface area contributed by atoms with Gasteiger partial charge in [0.15, 0.2) is 0 Å². The molecule has 0 rings (SSSR count). The van der Waals surface area contributed by atoms with Gasteiger partial charge in [0.05, 0.1) is 0 Å². The second-order valence-corrected chi connectivity index (χ2v) is 4.58. The highest BCUT2D eigenvalue weighted by Crippen LogP contribution is 2.10. The van der Waals surface area contributed by atoms with E-state index in [0.29, 0.717) is 0 Å². The van der Waals surface area contributed by atoms with Crippen LogP contribution in [0.2, 0.25) is 0 Å². The Labute approximate surface area is 102 Å². The second-order valence-electron chi connectivity index (χ2n) is 4.58. The molecule has 0 aromatic carbocycles. The van der Waals surface area contributed by atoms with Crippen molar-refractivity contribution < 1.29 is 0 Å². The Kier molecular flexibility index (Phi) is 12.1. The average Bonchev–Trinajstić information content (AvgIpc) is 2.31. The first-order valence-corrected chi connectivity index (χ1v) is 6.87. The van der Waals surface area contributed by atoms with Gasteiger partial charge in [0.2, 0.25) is 0 Å². The summed E-state index contributed by atoms with van der Waals surface area (Å²) in [6.45, 7) is 10.4. The van der Waals surface area contributed by atoms with Gasteiger partial charge in [-0.25, -0.2) is 0 Å². The lowest BCUT2D eigenvalue weighted by molar-refractivity contribution is 0.563. The third-order valence-electron chi connectivity index (χ3n) is 2.88. The Morgan fingerprint density at radius 2 is 1.62 bits per heavy atom. The number of rotatable bonds is 11. The van der Waals surface area contributed by atoms with E-state index in [1.165, 1.54) is 70.0 Å². The average molecular weight is 223 g/mol. The Bertz CT molecular complexity index is 190. The van der Waals surface area contributed by atoms with Crippen LogP contribution in [0, 0.1) is 0 Å². The highest BCUT2D eigenvalue weighted by molar-refractivity contribution is 4.93. The number of allylic oxidation sites excluding steroid dienone is 1. The van der Waals surface area contributed by atoms with Crippen molar-refractivity contribution in [2.75, 3.05) is 13.1 Å². The molecule has 0 fully saturated rings. The van der Waals surface area contributed by atoms with Crippen LogP contribution in [0.4, 0.5) is 0 Å². The fraction of sp³-hybridized carbons (Fsp3) is 0.800. The van der Waals surface area contributed by atoms with Gasteiger partial charge in [-0.2, -0.15) is 0 Å². The monoisotopic (exact) mass is 223 g/mol. The number of unbranched alkanes of at least 4 members (excludes halogenated alkanes) is 5. The van der Waals surface area contributed by atoms with Crippen molar-refractivity contribution in [1.82, 2.24) is 5.32 Å². The normalized spacial score (nSPS) is 10.1. The van der Waals surface area contributed by atoms with Crippen molar-refractivity contribution in [2.45, 2.75) is 65.2 Å². The summed E-state index contributed by atoms with van der Waals surface area (Å²) in [6, 6.07) is 0. The van der Waals surface area contributed by atoms with E-state index < -0.39 is 0 Å². The van der Waals surface area contributed by atoms with Gasteiger partial charge in [-0.1, -0.05) is 39.2 Å². The van der Waals surface area contributed by atoms with Crippen molar-refractivity contribution in [1.29, 1.82) is 0 Å². The zero-order chi connectivity index (χ0) is 12.1. The molecule has 0 aromatic heterocycles. The molecule has 0 aliphatic rings. The molecular formula is C15H29N. The molecular weight excluding hydrogens is 194 g/mol. The molecule has 0 unspecified atom stereocenters. The summed E-state index contributed by atoms with van der Waals surface area (Å²) >= 11 is 0. The molecule has 0 radical (unpaired) electrons. The molecule has 16 heavy (non-hydrogen) atoms. The van der Waals surface area contributed by atoms with Gasteiger partial charge in [-0.15, -0.1) is 5.73 Å². The van der Waals surface area contributed by atoms with Gasteiger partial charge in [0.1, 0.15) is 0 Å². The molecule has 0 aliphatic heterocycles. The molecule has 1 heteroatoms. The number of nitrogens with one attached hydrogen (secondary N) is 1. The summed E-state index contributed by atoms with van der Waals surface area (Å²) in [7, 11) is 0. The SMILES string of the molecule is C=C=C(C)CCCCCCCCNCCC. The predicted molar refractivity (Wildman–Crippen MR) is 73.8 cm³/mol. The van der Waals surface area contributed by atoms with Crippen molar-refractivity contribution in [3.8, 4) is 0 Å². The minimum absolute atomic E-state index is 1.17. The summed E-state index contributed by atoms with van der Waals surface area (Å²) in [5.41, 5.74) is 4.26. The van der Waals surface area contributed by atoms with E-state index in [1.54, 1.807) is 0 Å².